The van der Waals surface area contributed by atoms with Crippen LogP contribution in [0.15, 0.2) is 55.0 Å². The number of anilines is 2. The normalized spacial score (nSPS) is 16.9. The van der Waals surface area contributed by atoms with E-state index in [-0.39, 0.29) is 18.3 Å². The summed E-state index contributed by atoms with van der Waals surface area (Å²) in [6.45, 7) is 1.05. The quantitative estimate of drug-likeness (QED) is 0.670. The molecule has 3 aromatic heterocycles. The Hall–Kier alpha value is -3.43. The molecule has 31 heavy (non-hydrogen) atoms. The summed E-state index contributed by atoms with van der Waals surface area (Å²) in [5.41, 5.74) is 0.0477. The molecule has 1 amide bonds. The molecule has 3 aromatic rings. The molecule has 1 aliphatic rings. The van der Waals surface area contributed by atoms with E-state index >= 15 is 0 Å². The van der Waals surface area contributed by atoms with Gasteiger partial charge in [0.25, 0.3) is 0 Å². The maximum absolute atomic E-state index is 13.3. The number of alkyl halides is 3. The third kappa shape index (κ3) is 5.01. The van der Waals surface area contributed by atoms with Gasteiger partial charge >= 0.3 is 6.18 Å². The number of nitrogens with zero attached hydrogens (tertiary/aromatic N) is 5. The first kappa shape index (κ1) is 20.8. The minimum Gasteiger partial charge on any atom is -0.355 e. The zero-order chi connectivity index (χ0) is 21.8. The zero-order valence-electron chi connectivity index (χ0n) is 16.6. The third-order valence-corrected chi connectivity index (χ3v) is 5.13. The van der Waals surface area contributed by atoms with Crippen LogP contribution in [-0.2, 0) is 17.5 Å². The van der Waals surface area contributed by atoms with Gasteiger partial charge in [0.15, 0.2) is 5.82 Å². The van der Waals surface area contributed by atoms with Crippen molar-refractivity contribution >= 4 is 17.5 Å². The molecule has 0 radical (unpaired) electrons. The molecular weight excluding hydrogens is 409 g/mol. The van der Waals surface area contributed by atoms with Gasteiger partial charge in [-0.3, -0.25) is 14.5 Å². The Morgan fingerprint density at radius 1 is 1.13 bits per heavy atom. The van der Waals surface area contributed by atoms with E-state index in [0.29, 0.717) is 31.7 Å². The molecule has 0 spiro atoms. The number of piperidine rings is 1. The highest BCUT2D eigenvalue weighted by Gasteiger charge is 2.37. The molecule has 1 unspecified atom stereocenters. The number of rotatable bonds is 5. The van der Waals surface area contributed by atoms with Crippen LogP contribution in [0.1, 0.15) is 24.1 Å². The van der Waals surface area contributed by atoms with Crippen LogP contribution >= 0.6 is 0 Å². The van der Waals surface area contributed by atoms with Crippen molar-refractivity contribution in [3.8, 4) is 0 Å². The predicted octanol–water partition coefficient (Wildman–Crippen LogP) is 3.60. The highest BCUT2D eigenvalue weighted by Crippen LogP contribution is 2.36. The van der Waals surface area contributed by atoms with Gasteiger partial charge in [-0.25, -0.2) is 4.98 Å². The number of pyridine rings is 2. The fourth-order valence-corrected chi connectivity index (χ4v) is 3.66. The van der Waals surface area contributed by atoms with Gasteiger partial charge in [-0.15, -0.1) is 0 Å². The molecule has 10 heteroatoms. The molecule has 0 saturated carbocycles. The lowest BCUT2D eigenvalue weighted by Crippen LogP contribution is -2.42. The van der Waals surface area contributed by atoms with Crippen LogP contribution in [0, 0.1) is 5.92 Å². The maximum atomic E-state index is 13.3. The summed E-state index contributed by atoms with van der Waals surface area (Å²) in [6, 6.07) is 9.55. The van der Waals surface area contributed by atoms with Gasteiger partial charge in [-0.1, -0.05) is 6.07 Å². The topological polar surface area (TPSA) is 75.9 Å². The molecule has 0 bridgehead atoms. The van der Waals surface area contributed by atoms with E-state index in [1.54, 1.807) is 23.1 Å². The van der Waals surface area contributed by atoms with Gasteiger partial charge in [0.05, 0.1) is 23.7 Å². The van der Waals surface area contributed by atoms with E-state index in [4.69, 9.17) is 0 Å². The van der Waals surface area contributed by atoms with E-state index < -0.39 is 17.7 Å². The Morgan fingerprint density at radius 2 is 1.97 bits per heavy atom. The molecule has 0 aromatic carbocycles. The minimum atomic E-state index is -4.50. The number of amides is 1. The number of halogens is 3. The summed E-state index contributed by atoms with van der Waals surface area (Å²) in [5.74, 6) is -0.464. The highest BCUT2D eigenvalue weighted by atomic mass is 19.4. The van der Waals surface area contributed by atoms with Crippen molar-refractivity contribution in [2.75, 3.05) is 23.3 Å². The summed E-state index contributed by atoms with van der Waals surface area (Å²) in [4.78, 5) is 22.5. The molecule has 162 valence electrons. The van der Waals surface area contributed by atoms with E-state index in [0.717, 1.165) is 11.8 Å². The largest absolute Gasteiger partial charge is 0.419 e. The zero-order valence-corrected chi connectivity index (χ0v) is 16.6. The first-order chi connectivity index (χ1) is 14.9. The van der Waals surface area contributed by atoms with E-state index in [1.807, 2.05) is 18.2 Å². The standard InChI is InChI=1S/C21H21F3N6O/c22-21(23,24)17-7-3-10-26-19(17)29-11-4-5-15(13-29)20(31)27-18-8-12-30(28-18)14-16-6-1-2-9-25-16/h1-3,6-10,12,15H,4-5,11,13-14H2,(H,27,28,31). The van der Waals surface area contributed by atoms with Crippen LogP contribution in [0.5, 0.6) is 0 Å². The van der Waals surface area contributed by atoms with Crippen LogP contribution < -0.4 is 10.2 Å². The lowest BCUT2D eigenvalue weighted by molar-refractivity contribution is -0.137. The number of carbonyl (C=O) groups excluding carboxylic acids is 1. The Kier molecular flexibility index (Phi) is 5.88. The van der Waals surface area contributed by atoms with Gasteiger partial charge in [0, 0.05) is 37.7 Å². The average molecular weight is 430 g/mol. The monoisotopic (exact) mass is 430 g/mol. The highest BCUT2D eigenvalue weighted by molar-refractivity contribution is 5.92. The van der Waals surface area contributed by atoms with Crippen LogP contribution in [0.25, 0.3) is 0 Å². The smallest absolute Gasteiger partial charge is 0.355 e. The van der Waals surface area contributed by atoms with Crippen molar-refractivity contribution in [2.45, 2.75) is 25.6 Å². The molecule has 1 aliphatic heterocycles. The molecule has 4 rings (SSSR count). The Balaban J connectivity index is 1.41. The summed E-state index contributed by atoms with van der Waals surface area (Å²) in [6.07, 6.45) is 1.45. The van der Waals surface area contributed by atoms with Gasteiger partial charge in [0.1, 0.15) is 5.82 Å². The molecule has 1 atom stereocenters. The number of hydrogen-bond donors (Lipinski definition) is 1. The number of aromatic nitrogens is 4. The van der Waals surface area contributed by atoms with E-state index in [1.165, 1.54) is 17.2 Å². The Labute approximate surface area is 176 Å². The minimum absolute atomic E-state index is 0.132. The fraction of sp³-hybridized carbons (Fsp3) is 0.333. The number of nitrogens with one attached hydrogen (secondary N) is 1. The summed E-state index contributed by atoms with van der Waals surface area (Å²) < 4.78 is 41.7. The molecule has 7 nitrogen and oxygen atoms in total. The average Bonchev–Trinajstić information content (AvgIpc) is 3.20. The first-order valence-electron chi connectivity index (χ1n) is 9.91. The van der Waals surface area contributed by atoms with E-state index in [9.17, 15) is 18.0 Å². The lowest BCUT2D eigenvalue weighted by Gasteiger charge is -2.34. The van der Waals surface area contributed by atoms with Crippen molar-refractivity contribution in [3.05, 3.63) is 66.2 Å². The van der Waals surface area contributed by atoms with Gasteiger partial charge in [0.2, 0.25) is 5.91 Å². The number of hydrogen-bond acceptors (Lipinski definition) is 5. The van der Waals surface area contributed by atoms with Crippen molar-refractivity contribution in [1.82, 2.24) is 19.7 Å². The van der Waals surface area contributed by atoms with Crippen molar-refractivity contribution in [3.63, 3.8) is 0 Å². The molecule has 1 N–H and O–H groups in total. The van der Waals surface area contributed by atoms with Crippen LogP contribution in [0.3, 0.4) is 0 Å². The maximum Gasteiger partial charge on any atom is 0.419 e. The molecular formula is C21H21F3N6O. The second-order valence-corrected chi connectivity index (χ2v) is 7.37. The summed E-state index contributed by atoms with van der Waals surface area (Å²) in [5, 5.41) is 7.11. The third-order valence-electron chi connectivity index (χ3n) is 5.13. The van der Waals surface area contributed by atoms with Gasteiger partial charge in [-0.05, 0) is 37.1 Å². The van der Waals surface area contributed by atoms with Crippen LogP contribution in [0.2, 0.25) is 0 Å². The first-order valence-corrected chi connectivity index (χ1v) is 9.91. The number of carbonyl (C=O) groups is 1. The second kappa shape index (κ2) is 8.75. The fourth-order valence-electron chi connectivity index (χ4n) is 3.66. The summed E-state index contributed by atoms with van der Waals surface area (Å²) >= 11 is 0. The Bertz CT molecular complexity index is 1040. The van der Waals surface area contributed by atoms with Gasteiger partial charge in [-0.2, -0.15) is 18.3 Å². The second-order valence-electron chi connectivity index (χ2n) is 7.37. The van der Waals surface area contributed by atoms with Crippen molar-refractivity contribution in [2.24, 2.45) is 5.92 Å². The van der Waals surface area contributed by atoms with E-state index in [2.05, 4.69) is 20.4 Å². The molecule has 0 aliphatic carbocycles. The Morgan fingerprint density at radius 3 is 2.74 bits per heavy atom. The molecule has 1 saturated heterocycles. The molecule has 4 heterocycles. The SMILES string of the molecule is O=C(Nc1ccn(Cc2ccccn2)n1)C1CCCN(c2ncccc2C(F)(F)F)C1. The molecule has 1 fully saturated rings. The van der Waals surface area contributed by atoms with Crippen LogP contribution in [-0.4, -0.2) is 38.7 Å². The van der Waals surface area contributed by atoms with Crippen LogP contribution in [0.4, 0.5) is 24.8 Å². The van der Waals surface area contributed by atoms with Crippen molar-refractivity contribution in [1.29, 1.82) is 0 Å². The van der Waals surface area contributed by atoms with Gasteiger partial charge < -0.3 is 10.2 Å². The summed E-state index contributed by atoms with van der Waals surface area (Å²) in [7, 11) is 0. The lowest BCUT2D eigenvalue weighted by atomic mass is 9.96. The van der Waals surface area contributed by atoms with Crippen molar-refractivity contribution < 1.29 is 18.0 Å². The predicted molar refractivity (Wildman–Crippen MR) is 108 cm³/mol.